The van der Waals surface area contributed by atoms with Gasteiger partial charge in [-0.25, -0.2) is 13.2 Å². The van der Waals surface area contributed by atoms with Gasteiger partial charge in [0.2, 0.25) is 5.91 Å². The number of rotatable bonds is 5. The lowest BCUT2D eigenvalue weighted by atomic mass is 10.0. The van der Waals surface area contributed by atoms with Gasteiger partial charge in [0.15, 0.2) is 15.2 Å². The summed E-state index contributed by atoms with van der Waals surface area (Å²) in [6, 6.07) is 4.76. The maximum Gasteiger partial charge on any atom is 0.405 e. The van der Waals surface area contributed by atoms with Gasteiger partial charge in [-0.2, -0.15) is 13.2 Å². The van der Waals surface area contributed by atoms with E-state index in [-0.39, 0.29) is 5.57 Å². The summed E-state index contributed by atoms with van der Waals surface area (Å²) >= 11 is 0. The summed E-state index contributed by atoms with van der Waals surface area (Å²) in [5, 5.41) is 9.51. The average Bonchev–Trinajstić information content (AvgIpc) is 2.68. The number of nitrogens with one attached hydrogen (secondary N) is 1. The van der Waals surface area contributed by atoms with Gasteiger partial charge in [0.1, 0.15) is 12.2 Å². The first-order valence-electron chi connectivity index (χ1n) is 8.57. The Balaban J connectivity index is 1.93. The molecule has 2 aliphatic heterocycles. The highest BCUT2D eigenvalue weighted by molar-refractivity contribution is 7.92. The van der Waals surface area contributed by atoms with Crippen LogP contribution in [0.15, 0.2) is 53.4 Å². The molecule has 0 radical (unpaired) electrons. The van der Waals surface area contributed by atoms with Gasteiger partial charge in [0.25, 0.3) is 5.91 Å². The Morgan fingerprint density at radius 2 is 2.03 bits per heavy atom. The Hall–Kier alpha value is -3.48. The molecule has 2 N–H and O–H groups in total. The third kappa shape index (κ3) is 4.66. The molecule has 1 atom stereocenters. The monoisotopic (exact) mass is 457 g/mol. The lowest BCUT2D eigenvalue weighted by Gasteiger charge is -2.45. The van der Waals surface area contributed by atoms with Crippen LogP contribution in [-0.4, -0.2) is 65.0 Å². The van der Waals surface area contributed by atoms with Gasteiger partial charge in [-0.1, -0.05) is 12.1 Å². The highest BCUT2D eigenvalue weighted by Gasteiger charge is 2.56. The molecule has 1 aromatic heterocycles. The molecule has 2 amide bonds. The Morgan fingerprint density at radius 3 is 2.61 bits per heavy atom. The van der Waals surface area contributed by atoms with Gasteiger partial charge in [0, 0.05) is 12.3 Å². The number of amides is 2. The Labute approximate surface area is 173 Å². The second-order valence-corrected chi connectivity index (χ2v) is 8.60. The van der Waals surface area contributed by atoms with E-state index in [1.54, 1.807) is 12.1 Å². The summed E-state index contributed by atoms with van der Waals surface area (Å²) in [6.07, 6.45) is -0.633. The summed E-state index contributed by atoms with van der Waals surface area (Å²) in [5.74, 6) is -4.53. The molecule has 0 saturated carbocycles. The molecule has 31 heavy (non-hydrogen) atoms. The van der Waals surface area contributed by atoms with Crippen LogP contribution >= 0.6 is 0 Å². The van der Waals surface area contributed by atoms with Crippen LogP contribution in [0, 0.1) is 0 Å². The van der Waals surface area contributed by atoms with Gasteiger partial charge >= 0.3 is 12.1 Å². The van der Waals surface area contributed by atoms with Crippen molar-refractivity contribution in [2.75, 3.05) is 12.3 Å². The number of nitrogens with zero attached hydrogens (tertiary/aromatic N) is 2. The molecule has 0 unspecified atom stereocenters. The zero-order valence-corrected chi connectivity index (χ0v) is 16.3. The standard InChI is InChI=1S/C18H14F3N3O6S/c19-18(20,21)9-23-13(25)5-4-10-8-31(29,30)16-12(7-11-3-1-2-6-22-11)15(26)24(16)14(10)17(27)28/h1-7,16H,8-9H2,(H,23,25)(H,27,28)/b5-4+,12-7+/t16-/m1/s1. The molecule has 3 heterocycles. The number of carbonyl (C=O) groups excluding carboxylic acids is 2. The third-order valence-corrected chi connectivity index (χ3v) is 6.16. The van der Waals surface area contributed by atoms with Crippen molar-refractivity contribution < 1.29 is 41.1 Å². The molecule has 3 rings (SSSR count). The normalized spacial score (nSPS) is 21.8. The minimum atomic E-state index is -4.66. The lowest BCUT2D eigenvalue weighted by Crippen LogP contribution is -2.62. The number of halogens is 3. The van der Waals surface area contributed by atoms with E-state index >= 15 is 0 Å². The molecule has 0 aliphatic carbocycles. The molecular formula is C18H14F3N3O6S. The molecule has 0 aromatic carbocycles. The van der Waals surface area contributed by atoms with Crippen molar-refractivity contribution in [1.82, 2.24) is 15.2 Å². The molecule has 0 spiro atoms. The second kappa shape index (κ2) is 7.98. The SMILES string of the molecule is O=C(/C=C/C1=C(C(=O)O)N2C(=O)/C(=C\c3ccccn3)[C@H]2S(=O)(=O)C1)NCC(F)(F)F. The maximum absolute atomic E-state index is 12.7. The molecule has 13 heteroatoms. The van der Waals surface area contributed by atoms with Crippen LogP contribution in [0.1, 0.15) is 5.69 Å². The number of carbonyl (C=O) groups is 3. The summed E-state index contributed by atoms with van der Waals surface area (Å²) in [7, 11) is -4.10. The van der Waals surface area contributed by atoms with E-state index in [1.165, 1.54) is 23.7 Å². The topological polar surface area (TPSA) is 134 Å². The summed E-state index contributed by atoms with van der Waals surface area (Å²) in [4.78, 5) is 40.3. The molecule has 164 valence electrons. The molecule has 1 aromatic rings. The predicted molar refractivity (Wildman–Crippen MR) is 99.5 cm³/mol. The number of carboxylic acids is 1. The van der Waals surface area contributed by atoms with E-state index in [9.17, 15) is 41.1 Å². The fraction of sp³-hybridized carbons (Fsp3) is 0.222. The van der Waals surface area contributed by atoms with Crippen LogP contribution in [0.5, 0.6) is 0 Å². The van der Waals surface area contributed by atoms with Gasteiger partial charge in [0.05, 0.1) is 17.0 Å². The van der Waals surface area contributed by atoms with E-state index in [2.05, 4.69) is 4.98 Å². The van der Waals surface area contributed by atoms with E-state index in [1.807, 2.05) is 0 Å². The number of alkyl halides is 3. The van der Waals surface area contributed by atoms with Gasteiger partial charge in [-0.15, -0.1) is 0 Å². The van der Waals surface area contributed by atoms with Crippen LogP contribution in [-0.2, 0) is 24.2 Å². The zero-order chi connectivity index (χ0) is 23.0. The van der Waals surface area contributed by atoms with Crippen molar-refractivity contribution >= 4 is 33.7 Å². The summed E-state index contributed by atoms with van der Waals surface area (Å²) in [5.41, 5.74) is -0.934. The number of hydrogen-bond acceptors (Lipinski definition) is 6. The average molecular weight is 457 g/mol. The number of fused-ring (bicyclic) bond motifs is 1. The smallest absolute Gasteiger partial charge is 0.405 e. The van der Waals surface area contributed by atoms with Crippen molar-refractivity contribution in [2.45, 2.75) is 11.6 Å². The number of β-lactam (4-membered cyclic amide) rings is 1. The van der Waals surface area contributed by atoms with Crippen LogP contribution in [0.2, 0.25) is 0 Å². The molecule has 1 fully saturated rings. The van der Waals surface area contributed by atoms with E-state index in [0.29, 0.717) is 16.7 Å². The second-order valence-electron chi connectivity index (χ2n) is 6.53. The fourth-order valence-electron chi connectivity index (χ4n) is 3.06. The van der Waals surface area contributed by atoms with E-state index in [4.69, 9.17) is 0 Å². The lowest BCUT2D eigenvalue weighted by molar-refractivity contribution is -0.141. The number of sulfone groups is 1. The van der Waals surface area contributed by atoms with Crippen molar-refractivity contribution in [1.29, 1.82) is 0 Å². The minimum Gasteiger partial charge on any atom is -0.477 e. The number of allylic oxidation sites excluding steroid dienone is 1. The highest BCUT2D eigenvalue weighted by Crippen LogP contribution is 2.41. The van der Waals surface area contributed by atoms with Crippen molar-refractivity contribution in [2.24, 2.45) is 0 Å². The van der Waals surface area contributed by atoms with Crippen molar-refractivity contribution in [3.63, 3.8) is 0 Å². The van der Waals surface area contributed by atoms with Gasteiger partial charge < -0.3 is 10.4 Å². The number of aliphatic carboxylic acids is 1. The fourth-order valence-corrected chi connectivity index (χ4v) is 4.96. The number of aromatic nitrogens is 1. The van der Waals surface area contributed by atoms with Gasteiger partial charge in [-0.3, -0.25) is 19.5 Å². The number of hydrogen-bond donors (Lipinski definition) is 2. The van der Waals surface area contributed by atoms with Crippen LogP contribution in [0.25, 0.3) is 6.08 Å². The Bertz CT molecular complexity index is 1140. The molecule has 1 saturated heterocycles. The maximum atomic E-state index is 12.7. The summed E-state index contributed by atoms with van der Waals surface area (Å²) < 4.78 is 61.9. The van der Waals surface area contributed by atoms with Crippen molar-refractivity contribution in [3.8, 4) is 0 Å². The minimum absolute atomic E-state index is 0.164. The van der Waals surface area contributed by atoms with E-state index < -0.39 is 62.7 Å². The number of pyridine rings is 1. The largest absolute Gasteiger partial charge is 0.477 e. The Kier molecular flexibility index (Phi) is 5.72. The molecule has 0 bridgehead atoms. The van der Waals surface area contributed by atoms with Crippen LogP contribution in [0.3, 0.4) is 0 Å². The van der Waals surface area contributed by atoms with Crippen molar-refractivity contribution in [3.05, 3.63) is 59.1 Å². The van der Waals surface area contributed by atoms with Crippen LogP contribution in [0.4, 0.5) is 13.2 Å². The van der Waals surface area contributed by atoms with Gasteiger partial charge in [-0.05, 0) is 23.8 Å². The molecular weight excluding hydrogens is 443 g/mol. The highest BCUT2D eigenvalue weighted by atomic mass is 32.2. The molecule has 9 nitrogen and oxygen atoms in total. The summed E-state index contributed by atoms with van der Waals surface area (Å²) in [6.45, 7) is -1.62. The van der Waals surface area contributed by atoms with Crippen LogP contribution < -0.4 is 5.32 Å². The van der Waals surface area contributed by atoms with E-state index in [0.717, 1.165) is 6.08 Å². The first-order chi connectivity index (χ1) is 14.4. The Morgan fingerprint density at radius 1 is 1.32 bits per heavy atom. The predicted octanol–water partition coefficient (Wildman–Crippen LogP) is 0.635. The quantitative estimate of drug-likeness (QED) is 0.490. The number of carboxylic acid groups (broad SMARTS) is 1. The molecule has 2 aliphatic rings. The third-order valence-electron chi connectivity index (χ3n) is 4.30. The zero-order valence-electron chi connectivity index (χ0n) is 15.5. The first kappa shape index (κ1) is 22.2. The first-order valence-corrected chi connectivity index (χ1v) is 10.3.